The second kappa shape index (κ2) is 9.04. The van der Waals surface area contributed by atoms with Crippen LogP contribution in [-0.4, -0.2) is 40.9 Å². The van der Waals surface area contributed by atoms with Gasteiger partial charge in [0.15, 0.2) is 0 Å². The summed E-state index contributed by atoms with van der Waals surface area (Å²) in [6, 6.07) is 0. The molecular weight excluding hydrogens is 398 g/mol. The first-order valence-electron chi connectivity index (χ1n) is 13.6. The van der Waals surface area contributed by atoms with Crippen molar-refractivity contribution >= 4 is 11.7 Å². The molecule has 0 aromatic heterocycles. The number of rotatable bonds is 6. The first kappa shape index (κ1) is 24.2. The molecule has 4 fully saturated rings. The lowest BCUT2D eigenvalue weighted by atomic mass is 9.44. The number of nitrogens with zero attached hydrogens (tertiary/aromatic N) is 1. The molecule has 0 bridgehead atoms. The Bertz CT molecular complexity index is 717. The Morgan fingerprint density at radius 3 is 2.47 bits per heavy atom. The van der Waals surface area contributed by atoms with Gasteiger partial charge >= 0.3 is 0 Å². The fourth-order valence-electron chi connectivity index (χ4n) is 9.28. The molecule has 4 heteroatoms. The van der Waals surface area contributed by atoms with Gasteiger partial charge in [0.05, 0.1) is 6.10 Å². The molecule has 9 atom stereocenters. The van der Waals surface area contributed by atoms with E-state index in [0.717, 1.165) is 38.8 Å². The van der Waals surface area contributed by atoms with Gasteiger partial charge in [0.25, 0.3) is 0 Å². The SMILES string of the molecule is CCN(CC)C(=O)CC[C@@H](C)[C@H]1CCC2C3C(CC[C@@]21C)[C@@]1(C)CCC(=O)CC1C[C@H]3O. The maximum atomic E-state index is 12.6. The van der Waals surface area contributed by atoms with Crippen LogP contribution in [0.4, 0.5) is 0 Å². The van der Waals surface area contributed by atoms with Crippen molar-refractivity contribution in [2.45, 2.75) is 105 Å². The smallest absolute Gasteiger partial charge is 0.222 e. The average Bonchev–Trinajstić information content (AvgIpc) is 3.11. The van der Waals surface area contributed by atoms with Crippen molar-refractivity contribution in [3.63, 3.8) is 0 Å². The summed E-state index contributed by atoms with van der Waals surface area (Å²) in [5, 5.41) is 11.4. The van der Waals surface area contributed by atoms with Crippen LogP contribution in [0.15, 0.2) is 0 Å². The number of ketones is 1. The molecule has 0 aliphatic heterocycles. The van der Waals surface area contributed by atoms with E-state index in [1.807, 2.05) is 4.90 Å². The predicted molar refractivity (Wildman–Crippen MR) is 128 cm³/mol. The van der Waals surface area contributed by atoms with E-state index in [0.29, 0.717) is 60.0 Å². The van der Waals surface area contributed by atoms with Crippen LogP contribution in [0.2, 0.25) is 0 Å². The van der Waals surface area contributed by atoms with E-state index in [1.165, 1.54) is 25.7 Å². The molecule has 32 heavy (non-hydrogen) atoms. The summed E-state index contributed by atoms with van der Waals surface area (Å²) in [7, 11) is 0. The van der Waals surface area contributed by atoms with E-state index in [4.69, 9.17) is 0 Å². The quantitative estimate of drug-likeness (QED) is 0.590. The molecule has 0 aromatic carbocycles. The lowest BCUT2D eigenvalue weighted by molar-refractivity contribution is -0.168. The molecule has 182 valence electrons. The average molecular weight is 446 g/mol. The predicted octanol–water partition coefficient (Wildman–Crippen LogP) is 5.47. The lowest BCUT2D eigenvalue weighted by Gasteiger charge is -2.62. The Hall–Kier alpha value is -0.900. The van der Waals surface area contributed by atoms with Gasteiger partial charge in [-0.25, -0.2) is 0 Å². The third kappa shape index (κ3) is 3.87. The van der Waals surface area contributed by atoms with Gasteiger partial charge in [-0.3, -0.25) is 9.59 Å². The van der Waals surface area contributed by atoms with Crippen molar-refractivity contribution in [1.82, 2.24) is 4.90 Å². The van der Waals surface area contributed by atoms with Crippen molar-refractivity contribution in [2.24, 2.45) is 46.3 Å². The number of hydrogen-bond donors (Lipinski definition) is 1. The molecule has 0 radical (unpaired) electrons. The molecule has 0 saturated heterocycles. The monoisotopic (exact) mass is 445 g/mol. The minimum atomic E-state index is -0.244. The fraction of sp³-hybridized carbons (Fsp3) is 0.929. The minimum absolute atomic E-state index is 0.235. The molecule has 4 aliphatic rings. The molecular formula is C28H47NO3. The minimum Gasteiger partial charge on any atom is -0.393 e. The Labute approximate surface area is 195 Å². The van der Waals surface area contributed by atoms with Crippen LogP contribution in [0.1, 0.15) is 98.8 Å². The van der Waals surface area contributed by atoms with E-state index in [1.54, 1.807) is 0 Å². The van der Waals surface area contributed by atoms with Gasteiger partial charge in [0.2, 0.25) is 5.91 Å². The molecule has 0 aromatic rings. The van der Waals surface area contributed by atoms with Crippen LogP contribution in [0, 0.1) is 46.3 Å². The van der Waals surface area contributed by atoms with E-state index in [2.05, 4.69) is 34.6 Å². The van der Waals surface area contributed by atoms with Crippen molar-refractivity contribution in [3.8, 4) is 0 Å². The number of amides is 1. The van der Waals surface area contributed by atoms with Crippen LogP contribution < -0.4 is 0 Å². The van der Waals surface area contributed by atoms with Crippen LogP contribution in [0.25, 0.3) is 0 Å². The summed E-state index contributed by atoms with van der Waals surface area (Å²) < 4.78 is 0. The highest BCUT2D eigenvalue weighted by Crippen LogP contribution is 2.68. The summed E-state index contributed by atoms with van der Waals surface area (Å²) in [5.74, 6) is 3.87. The molecule has 1 amide bonds. The summed E-state index contributed by atoms with van der Waals surface area (Å²) in [4.78, 5) is 26.7. The van der Waals surface area contributed by atoms with Gasteiger partial charge in [-0.1, -0.05) is 20.8 Å². The normalized spacial score (nSPS) is 44.4. The van der Waals surface area contributed by atoms with Gasteiger partial charge in [0, 0.05) is 32.4 Å². The van der Waals surface area contributed by atoms with Crippen molar-refractivity contribution in [3.05, 3.63) is 0 Å². The van der Waals surface area contributed by atoms with E-state index in [-0.39, 0.29) is 16.9 Å². The molecule has 0 spiro atoms. The Morgan fingerprint density at radius 2 is 1.78 bits per heavy atom. The van der Waals surface area contributed by atoms with Crippen molar-refractivity contribution < 1.29 is 14.7 Å². The number of aliphatic hydroxyl groups excluding tert-OH is 1. The fourth-order valence-corrected chi connectivity index (χ4v) is 9.28. The third-order valence-corrected chi connectivity index (χ3v) is 11.2. The number of fused-ring (bicyclic) bond motifs is 5. The molecule has 0 heterocycles. The van der Waals surface area contributed by atoms with Gasteiger partial charge < -0.3 is 10.0 Å². The topological polar surface area (TPSA) is 57.6 Å². The second-order valence-electron chi connectivity index (χ2n) is 12.3. The molecule has 4 unspecified atom stereocenters. The lowest BCUT2D eigenvalue weighted by Crippen LogP contribution is -2.58. The second-order valence-corrected chi connectivity index (χ2v) is 12.3. The largest absolute Gasteiger partial charge is 0.393 e. The molecule has 4 saturated carbocycles. The van der Waals surface area contributed by atoms with Gasteiger partial charge in [-0.2, -0.15) is 0 Å². The molecule has 4 nitrogen and oxygen atoms in total. The van der Waals surface area contributed by atoms with Crippen molar-refractivity contribution in [2.75, 3.05) is 13.1 Å². The standard InChI is InChI=1S/C28H47NO3/c1-6-29(7-2)25(32)11-8-18(3)21-9-10-22-26-23(13-15-28(21,22)5)27(4)14-12-20(30)16-19(27)17-24(26)31/h18-19,21-24,26,31H,6-17H2,1-5H3/t18-,19?,21-,22?,23?,24-,26?,27+,28-/m1/s1. The third-order valence-electron chi connectivity index (χ3n) is 11.2. The summed E-state index contributed by atoms with van der Waals surface area (Å²) in [6.07, 6.45) is 9.64. The highest BCUT2D eigenvalue weighted by atomic mass is 16.3. The number of carbonyl (C=O) groups is 2. The number of aliphatic hydroxyl groups is 1. The molecule has 4 rings (SSSR count). The maximum Gasteiger partial charge on any atom is 0.222 e. The maximum absolute atomic E-state index is 12.6. The van der Waals surface area contributed by atoms with E-state index in [9.17, 15) is 14.7 Å². The zero-order chi connectivity index (χ0) is 23.3. The Balaban J connectivity index is 1.47. The van der Waals surface area contributed by atoms with Gasteiger partial charge in [-0.15, -0.1) is 0 Å². The van der Waals surface area contributed by atoms with Crippen LogP contribution in [0.3, 0.4) is 0 Å². The van der Waals surface area contributed by atoms with Crippen molar-refractivity contribution in [1.29, 1.82) is 0 Å². The van der Waals surface area contributed by atoms with Gasteiger partial charge in [-0.05, 0) is 105 Å². The highest BCUT2D eigenvalue weighted by Gasteiger charge is 2.62. The van der Waals surface area contributed by atoms with Gasteiger partial charge in [0.1, 0.15) is 5.78 Å². The van der Waals surface area contributed by atoms with E-state index >= 15 is 0 Å². The summed E-state index contributed by atoms with van der Waals surface area (Å²) in [5.41, 5.74) is 0.520. The Kier molecular flexibility index (Phi) is 6.85. The molecule has 4 aliphatic carbocycles. The van der Waals surface area contributed by atoms with Crippen LogP contribution in [0.5, 0.6) is 0 Å². The van der Waals surface area contributed by atoms with Crippen LogP contribution >= 0.6 is 0 Å². The first-order chi connectivity index (χ1) is 15.2. The van der Waals surface area contributed by atoms with E-state index < -0.39 is 0 Å². The number of carbonyl (C=O) groups excluding carboxylic acids is 2. The molecule has 1 N–H and O–H groups in total. The van der Waals surface area contributed by atoms with Crippen LogP contribution in [-0.2, 0) is 9.59 Å². The summed E-state index contributed by atoms with van der Waals surface area (Å²) >= 11 is 0. The number of Topliss-reactive ketones (excluding diaryl/α,β-unsaturated/α-hetero) is 1. The zero-order valence-electron chi connectivity index (χ0n) is 21.2. The summed E-state index contributed by atoms with van der Waals surface area (Å²) in [6.45, 7) is 13.1. The Morgan fingerprint density at radius 1 is 1.09 bits per heavy atom. The zero-order valence-corrected chi connectivity index (χ0v) is 21.2. The number of hydrogen-bond acceptors (Lipinski definition) is 3. The first-order valence-corrected chi connectivity index (χ1v) is 13.6. The highest BCUT2D eigenvalue weighted by molar-refractivity contribution is 5.79.